The van der Waals surface area contributed by atoms with Gasteiger partial charge in [0.1, 0.15) is 0 Å². The Balaban J connectivity index is 1.99. The molecule has 1 aromatic rings. The summed E-state index contributed by atoms with van der Waals surface area (Å²) in [5.74, 6) is 0.779. The summed E-state index contributed by atoms with van der Waals surface area (Å²) in [5.41, 5.74) is 0. The molecule has 1 aliphatic rings. The van der Waals surface area contributed by atoms with E-state index in [1.165, 1.54) is 24.3 Å². The fourth-order valence-electron chi connectivity index (χ4n) is 2.77. The minimum atomic E-state index is 0.674. The summed E-state index contributed by atoms with van der Waals surface area (Å²) in [6.45, 7) is 10.4. The van der Waals surface area contributed by atoms with E-state index >= 15 is 0 Å². The first-order valence-electron chi connectivity index (χ1n) is 7.18. The summed E-state index contributed by atoms with van der Waals surface area (Å²) in [6, 6.07) is 5.81. The summed E-state index contributed by atoms with van der Waals surface area (Å²) in [7, 11) is 0. The van der Waals surface area contributed by atoms with Crippen molar-refractivity contribution < 1.29 is 0 Å². The van der Waals surface area contributed by atoms with Crippen LogP contribution in [-0.4, -0.2) is 30.1 Å². The molecule has 0 spiro atoms. The first kappa shape index (κ1) is 14.0. The van der Waals surface area contributed by atoms with Crippen LogP contribution in [0.15, 0.2) is 17.5 Å². The Bertz CT molecular complexity index is 334. The van der Waals surface area contributed by atoms with Crippen molar-refractivity contribution in [2.45, 2.75) is 52.2 Å². The van der Waals surface area contributed by atoms with E-state index in [-0.39, 0.29) is 0 Å². The van der Waals surface area contributed by atoms with Crippen molar-refractivity contribution in [1.82, 2.24) is 10.2 Å². The van der Waals surface area contributed by atoms with Crippen LogP contribution in [0.25, 0.3) is 0 Å². The molecule has 2 unspecified atom stereocenters. The average molecular weight is 266 g/mol. The lowest BCUT2D eigenvalue weighted by atomic mass is 9.98. The molecule has 1 aliphatic heterocycles. The summed E-state index contributed by atoms with van der Waals surface area (Å²) < 4.78 is 0. The fourth-order valence-corrected chi connectivity index (χ4v) is 3.50. The number of nitrogens with zero attached hydrogens (tertiary/aromatic N) is 1. The van der Waals surface area contributed by atoms with Gasteiger partial charge in [-0.05, 0) is 30.2 Å². The van der Waals surface area contributed by atoms with Crippen molar-refractivity contribution in [2.24, 2.45) is 5.92 Å². The molecule has 2 atom stereocenters. The molecule has 2 nitrogen and oxygen atoms in total. The van der Waals surface area contributed by atoms with Gasteiger partial charge in [0.05, 0.1) is 0 Å². The van der Waals surface area contributed by atoms with Crippen LogP contribution in [0.3, 0.4) is 0 Å². The van der Waals surface area contributed by atoms with Crippen LogP contribution in [0.1, 0.15) is 38.5 Å². The number of rotatable bonds is 5. The molecule has 1 N–H and O–H groups in total. The maximum absolute atomic E-state index is 3.70. The lowest BCUT2D eigenvalue weighted by Crippen LogP contribution is -2.56. The molecule has 0 bridgehead atoms. The van der Waals surface area contributed by atoms with Crippen molar-refractivity contribution in [3.8, 4) is 0 Å². The van der Waals surface area contributed by atoms with Crippen LogP contribution >= 0.6 is 11.3 Å². The Morgan fingerprint density at radius 3 is 2.94 bits per heavy atom. The Kier molecular flexibility index (Phi) is 5.22. The number of hydrogen-bond donors (Lipinski definition) is 1. The Labute approximate surface area is 115 Å². The van der Waals surface area contributed by atoms with Gasteiger partial charge in [0.2, 0.25) is 0 Å². The van der Waals surface area contributed by atoms with Crippen molar-refractivity contribution >= 4 is 11.3 Å². The first-order valence-corrected chi connectivity index (χ1v) is 8.06. The van der Waals surface area contributed by atoms with Gasteiger partial charge < -0.3 is 5.32 Å². The van der Waals surface area contributed by atoms with Gasteiger partial charge in [-0.3, -0.25) is 4.90 Å². The Morgan fingerprint density at radius 1 is 1.50 bits per heavy atom. The van der Waals surface area contributed by atoms with E-state index in [0.717, 1.165) is 19.0 Å². The summed E-state index contributed by atoms with van der Waals surface area (Å²) in [6.07, 6.45) is 2.53. The Morgan fingerprint density at radius 2 is 2.33 bits per heavy atom. The molecule has 18 heavy (non-hydrogen) atoms. The van der Waals surface area contributed by atoms with E-state index in [2.05, 4.69) is 48.5 Å². The second-order valence-corrected chi connectivity index (χ2v) is 6.84. The maximum atomic E-state index is 3.70. The molecule has 2 rings (SSSR count). The van der Waals surface area contributed by atoms with Gasteiger partial charge in [-0.1, -0.05) is 26.8 Å². The molecular weight excluding hydrogens is 240 g/mol. The van der Waals surface area contributed by atoms with E-state index in [1.807, 2.05) is 11.3 Å². The minimum absolute atomic E-state index is 0.674. The maximum Gasteiger partial charge on any atom is 0.0332 e. The van der Waals surface area contributed by atoms with E-state index in [1.54, 1.807) is 0 Å². The molecule has 0 radical (unpaired) electrons. The number of nitrogens with one attached hydrogen (secondary N) is 1. The zero-order valence-electron chi connectivity index (χ0n) is 11.9. The van der Waals surface area contributed by atoms with Gasteiger partial charge in [0.15, 0.2) is 0 Å². The van der Waals surface area contributed by atoms with E-state index < -0.39 is 0 Å². The van der Waals surface area contributed by atoms with Crippen molar-refractivity contribution in [1.29, 1.82) is 0 Å². The zero-order valence-corrected chi connectivity index (χ0v) is 12.7. The van der Waals surface area contributed by atoms with E-state index in [0.29, 0.717) is 12.1 Å². The van der Waals surface area contributed by atoms with E-state index in [9.17, 15) is 0 Å². The van der Waals surface area contributed by atoms with Crippen molar-refractivity contribution in [3.63, 3.8) is 0 Å². The molecule has 0 amide bonds. The van der Waals surface area contributed by atoms with Gasteiger partial charge in [-0.25, -0.2) is 0 Å². The molecule has 3 heteroatoms. The van der Waals surface area contributed by atoms with Crippen molar-refractivity contribution in [2.75, 3.05) is 13.1 Å². The van der Waals surface area contributed by atoms with Gasteiger partial charge in [-0.2, -0.15) is 0 Å². The van der Waals surface area contributed by atoms with Crippen LogP contribution in [0.4, 0.5) is 0 Å². The smallest absolute Gasteiger partial charge is 0.0332 e. The number of piperazine rings is 1. The molecule has 1 fully saturated rings. The molecule has 0 aliphatic carbocycles. The summed E-state index contributed by atoms with van der Waals surface area (Å²) in [4.78, 5) is 4.19. The SMILES string of the molecule is CCC1CN(Cc2cccs2)C(CC(C)C)CN1. The van der Waals surface area contributed by atoms with Crippen LogP contribution < -0.4 is 5.32 Å². The minimum Gasteiger partial charge on any atom is -0.311 e. The highest BCUT2D eigenvalue weighted by molar-refractivity contribution is 7.09. The third-order valence-electron chi connectivity index (χ3n) is 3.79. The van der Waals surface area contributed by atoms with Crippen LogP contribution in [0.5, 0.6) is 0 Å². The van der Waals surface area contributed by atoms with Gasteiger partial charge in [0, 0.05) is 36.6 Å². The highest BCUT2D eigenvalue weighted by Crippen LogP contribution is 2.21. The normalized spacial score (nSPS) is 25.8. The van der Waals surface area contributed by atoms with Crippen LogP contribution in [0.2, 0.25) is 0 Å². The molecule has 0 saturated carbocycles. The van der Waals surface area contributed by atoms with Crippen molar-refractivity contribution in [3.05, 3.63) is 22.4 Å². The fraction of sp³-hybridized carbons (Fsp3) is 0.733. The van der Waals surface area contributed by atoms with E-state index in [4.69, 9.17) is 0 Å². The quantitative estimate of drug-likeness (QED) is 0.879. The standard InChI is InChI=1S/C15H26N2S/c1-4-13-10-17(11-15-6-5-7-18-15)14(9-16-13)8-12(2)3/h5-7,12-14,16H,4,8-11H2,1-3H3. The lowest BCUT2D eigenvalue weighted by molar-refractivity contribution is 0.106. The molecule has 2 heterocycles. The summed E-state index contributed by atoms with van der Waals surface area (Å²) in [5, 5.41) is 5.88. The van der Waals surface area contributed by atoms with Gasteiger partial charge >= 0.3 is 0 Å². The number of thiophene rings is 1. The third-order valence-corrected chi connectivity index (χ3v) is 4.65. The topological polar surface area (TPSA) is 15.3 Å². The van der Waals surface area contributed by atoms with Crippen LogP contribution in [-0.2, 0) is 6.54 Å². The second kappa shape index (κ2) is 6.69. The predicted molar refractivity (Wildman–Crippen MR) is 80.1 cm³/mol. The second-order valence-electron chi connectivity index (χ2n) is 5.81. The Hall–Kier alpha value is -0.380. The molecule has 102 valence electrons. The van der Waals surface area contributed by atoms with Crippen LogP contribution in [0, 0.1) is 5.92 Å². The van der Waals surface area contributed by atoms with Gasteiger partial charge in [-0.15, -0.1) is 11.3 Å². The van der Waals surface area contributed by atoms with Gasteiger partial charge in [0.25, 0.3) is 0 Å². The third kappa shape index (κ3) is 3.81. The molecule has 1 aromatic heterocycles. The highest BCUT2D eigenvalue weighted by atomic mass is 32.1. The lowest BCUT2D eigenvalue weighted by Gasteiger charge is -2.41. The highest BCUT2D eigenvalue weighted by Gasteiger charge is 2.27. The number of hydrogen-bond acceptors (Lipinski definition) is 3. The monoisotopic (exact) mass is 266 g/mol. The first-order chi connectivity index (χ1) is 8.69. The molecular formula is C15H26N2S. The molecule has 0 aromatic carbocycles. The molecule has 1 saturated heterocycles. The predicted octanol–water partition coefficient (Wildman–Crippen LogP) is 3.35. The summed E-state index contributed by atoms with van der Waals surface area (Å²) >= 11 is 1.88. The average Bonchev–Trinajstić information content (AvgIpc) is 2.83. The zero-order chi connectivity index (χ0) is 13.0. The largest absolute Gasteiger partial charge is 0.311 e.